The Hall–Kier alpha value is -0.650. The smallest absolute Gasteiger partial charge is 0.196 e. The van der Waals surface area contributed by atoms with Crippen LogP contribution in [0.2, 0.25) is 0 Å². The van der Waals surface area contributed by atoms with Crippen molar-refractivity contribution in [2.75, 3.05) is 13.1 Å². The summed E-state index contributed by atoms with van der Waals surface area (Å²) in [5.41, 5.74) is 1.08. The summed E-state index contributed by atoms with van der Waals surface area (Å²) in [5, 5.41) is 5.30. The molecule has 2 aromatic rings. The van der Waals surface area contributed by atoms with Gasteiger partial charge in [-0.2, -0.15) is 0 Å². The Kier molecular flexibility index (Phi) is 4.15. The van der Waals surface area contributed by atoms with Crippen molar-refractivity contribution in [3.05, 3.63) is 27.3 Å². The maximum Gasteiger partial charge on any atom is 0.196 e. The first kappa shape index (κ1) is 11.8. The van der Waals surface area contributed by atoms with Crippen LogP contribution in [-0.2, 0) is 6.42 Å². The second kappa shape index (κ2) is 5.61. The Morgan fingerprint density at radius 1 is 1.56 bits per heavy atom. The van der Waals surface area contributed by atoms with Gasteiger partial charge in [-0.05, 0) is 28.5 Å². The second-order valence-electron chi connectivity index (χ2n) is 3.36. The molecule has 0 aliphatic carbocycles. The van der Waals surface area contributed by atoms with Gasteiger partial charge in [-0.3, -0.25) is 0 Å². The minimum atomic E-state index is 0.790. The Morgan fingerprint density at radius 2 is 2.44 bits per heavy atom. The third kappa shape index (κ3) is 2.93. The van der Waals surface area contributed by atoms with E-state index in [9.17, 15) is 0 Å². The molecule has 5 heteroatoms. The highest BCUT2D eigenvalue weighted by atomic mass is 79.9. The molecule has 0 bridgehead atoms. The molecule has 16 heavy (non-hydrogen) atoms. The molecule has 0 aliphatic rings. The predicted octanol–water partition coefficient (Wildman–Crippen LogP) is 3.32. The van der Waals surface area contributed by atoms with Crippen molar-refractivity contribution in [1.29, 1.82) is 0 Å². The molecule has 0 radical (unpaired) electrons. The van der Waals surface area contributed by atoms with E-state index in [4.69, 9.17) is 4.42 Å². The number of nitrogens with zero attached hydrogens (tertiary/aromatic N) is 1. The highest BCUT2D eigenvalue weighted by molar-refractivity contribution is 9.11. The summed E-state index contributed by atoms with van der Waals surface area (Å²) in [4.78, 5) is 4.26. The summed E-state index contributed by atoms with van der Waals surface area (Å²) in [6, 6.07) is 2.04. The van der Waals surface area contributed by atoms with Gasteiger partial charge in [-0.15, -0.1) is 11.3 Å². The number of thiophene rings is 1. The van der Waals surface area contributed by atoms with Crippen LogP contribution in [0.3, 0.4) is 0 Å². The molecule has 0 fully saturated rings. The normalized spacial score (nSPS) is 10.9. The SMILES string of the molecule is CCNCCc1ncc(-c2csc(Br)c2)o1. The van der Waals surface area contributed by atoms with E-state index in [0.717, 1.165) is 40.5 Å². The third-order valence-corrected chi connectivity index (χ3v) is 3.68. The van der Waals surface area contributed by atoms with Gasteiger partial charge in [-0.25, -0.2) is 4.98 Å². The zero-order valence-corrected chi connectivity index (χ0v) is 11.4. The van der Waals surface area contributed by atoms with Gasteiger partial charge in [-0.1, -0.05) is 6.92 Å². The molecular weight excluding hydrogens is 288 g/mol. The van der Waals surface area contributed by atoms with Gasteiger partial charge in [0.1, 0.15) is 0 Å². The van der Waals surface area contributed by atoms with Crippen molar-refractivity contribution in [3.63, 3.8) is 0 Å². The summed E-state index contributed by atoms with van der Waals surface area (Å²) in [6.45, 7) is 3.97. The van der Waals surface area contributed by atoms with Crippen LogP contribution >= 0.6 is 27.3 Å². The van der Waals surface area contributed by atoms with Gasteiger partial charge < -0.3 is 9.73 Å². The van der Waals surface area contributed by atoms with E-state index in [1.54, 1.807) is 17.5 Å². The number of hydrogen-bond acceptors (Lipinski definition) is 4. The van der Waals surface area contributed by atoms with E-state index < -0.39 is 0 Å². The monoisotopic (exact) mass is 300 g/mol. The molecule has 86 valence electrons. The van der Waals surface area contributed by atoms with Crippen LogP contribution in [0.4, 0.5) is 0 Å². The first-order valence-electron chi connectivity index (χ1n) is 5.19. The maximum absolute atomic E-state index is 5.66. The Bertz CT molecular complexity index is 452. The van der Waals surface area contributed by atoms with Crippen LogP contribution in [0.25, 0.3) is 11.3 Å². The largest absolute Gasteiger partial charge is 0.441 e. The van der Waals surface area contributed by atoms with Crippen molar-refractivity contribution in [3.8, 4) is 11.3 Å². The van der Waals surface area contributed by atoms with E-state index in [-0.39, 0.29) is 0 Å². The lowest BCUT2D eigenvalue weighted by atomic mass is 10.3. The zero-order chi connectivity index (χ0) is 11.4. The fourth-order valence-corrected chi connectivity index (χ4v) is 2.52. The lowest BCUT2D eigenvalue weighted by Crippen LogP contribution is -2.16. The number of hydrogen-bond donors (Lipinski definition) is 1. The minimum absolute atomic E-state index is 0.790. The topological polar surface area (TPSA) is 38.1 Å². The Labute approximate surface area is 107 Å². The minimum Gasteiger partial charge on any atom is -0.441 e. The van der Waals surface area contributed by atoms with Crippen LogP contribution in [0.15, 0.2) is 25.8 Å². The number of aromatic nitrogens is 1. The van der Waals surface area contributed by atoms with Crippen molar-refractivity contribution < 1.29 is 4.42 Å². The molecule has 0 amide bonds. The van der Waals surface area contributed by atoms with Crippen molar-refractivity contribution in [2.45, 2.75) is 13.3 Å². The Morgan fingerprint density at radius 3 is 3.12 bits per heavy atom. The fourth-order valence-electron chi connectivity index (χ4n) is 1.37. The average molecular weight is 301 g/mol. The van der Waals surface area contributed by atoms with Gasteiger partial charge in [0, 0.05) is 23.9 Å². The van der Waals surface area contributed by atoms with Crippen molar-refractivity contribution in [2.24, 2.45) is 0 Å². The second-order valence-corrected chi connectivity index (χ2v) is 5.65. The molecule has 0 spiro atoms. The molecule has 1 N–H and O–H groups in total. The van der Waals surface area contributed by atoms with Gasteiger partial charge >= 0.3 is 0 Å². The van der Waals surface area contributed by atoms with E-state index in [2.05, 4.69) is 38.5 Å². The molecule has 2 aromatic heterocycles. The first-order chi connectivity index (χ1) is 7.79. The first-order valence-corrected chi connectivity index (χ1v) is 6.86. The number of rotatable bonds is 5. The summed E-state index contributed by atoms with van der Waals surface area (Å²) in [7, 11) is 0. The van der Waals surface area contributed by atoms with E-state index >= 15 is 0 Å². The van der Waals surface area contributed by atoms with Crippen LogP contribution in [-0.4, -0.2) is 18.1 Å². The van der Waals surface area contributed by atoms with Crippen molar-refractivity contribution >= 4 is 27.3 Å². The molecule has 3 nitrogen and oxygen atoms in total. The quantitative estimate of drug-likeness (QED) is 0.861. The summed E-state index contributed by atoms with van der Waals surface area (Å²) in [6.07, 6.45) is 2.62. The summed E-state index contributed by atoms with van der Waals surface area (Å²) < 4.78 is 6.77. The van der Waals surface area contributed by atoms with Gasteiger partial charge in [0.2, 0.25) is 0 Å². The summed E-state index contributed by atoms with van der Waals surface area (Å²) >= 11 is 5.08. The van der Waals surface area contributed by atoms with E-state index in [0.29, 0.717) is 0 Å². The standard InChI is InChI=1S/C11H13BrN2OS/c1-2-13-4-3-11-14-6-9(15-11)8-5-10(12)16-7-8/h5-7,13H,2-4H2,1H3. The van der Waals surface area contributed by atoms with E-state index in [1.165, 1.54) is 0 Å². The highest BCUT2D eigenvalue weighted by Crippen LogP contribution is 2.29. The number of halogens is 1. The molecule has 2 rings (SSSR count). The lowest BCUT2D eigenvalue weighted by molar-refractivity contribution is 0.497. The average Bonchev–Trinajstić information content (AvgIpc) is 2.87. The zero-order valence-electron chi connectivity index (χ0n) is 9.00. The van der Waals surface area contributed by atoms with Crippen LogP contribution in [0, 0.1) is 0 Å². The van der Waals surface area contributed by atoms with Gasteiger partial charge in [0.25, 0.3) is 0 Å². The molecule has 0 saturated carbocycles. The third-order valence-electron chi connectivity index (χ3n) is 2.17. The number of oxazole rings is 1. The van der Waals surface area contributed by atoms with Crippen LogP contribution in [0.5, 0.6) is 0 Å². The number of likely N-dealkylation sites (N-methyl/N-ethyl adjacent to an activating group) is 1. The van der Waals surface area contributed by atoms with Gasteiger partial charge in [0.15, 0.2) is 11.7 Å². The molecular formula is C11H13BrN2OS. The van der Waals surface area contributed by atoms with Crippen LogP contribution < -0.4 is 5.32 Å². The molecule has 0 unspecified atom stereocenters. The molecule has 0 saturated heterocycles. The Balaban J connectivity index is 2.02. The molecule has 0 atom stereocenters. The molecule has 2 heterocycles. The molecule has 0 aliphatic heterocycles. The predicted molar refractivity (Wildman–Crippen MR) is 69.8 cm³/mol. The number of nitrogens with one attached hydrogen (secondary N) is 1. The van der Waals surface area contributed by atoms with Gasteiger partial charge in [0.05, 0.1) is 9.98 Å². The summed E-state index contributed by atoms with van der Waals surface area (Å²) in [5.74, 6) is 1.63. The molecule has 0 aromatic carbocycles. The van der Waals surface area contributed by atoms with E-state index in [1.807, 2.05) is 6.07 Å². The maximum atomic E-state index is 5.66. The lowest BCUT2D eigenvalue weighted by Gasteiger charge is -1.96. The highest BCUT2D eigenvalue weighted by Gasteiger charge is 2.07. The van der Waals surface area contributed by atoms with Crippen LogP contribution in [0.1, 0.15) is 12.8 Å². The fraction of sp³-hybridized carbons (Fsp3) is 0.364. The van der Waals surface area contributed by atoms with Crippen molar-refractivity contribution in [1.82, 2.24) is 10.3 Å².